The molecule has 1 aliphatic rings. The van der Waals surface area contributed by atoms with Crippen LogP contribution < -0.4 is 9.08 Å². The third kappa shape index (κ3) is 10.9. The van der Waals surface area contributed by atoms with Crippen molar-refractivity contribution in [1.82, 2.24) is 0 Å². The van der Waals surface area contributed by atoms with Crippen LogP contribution in [0.3, 0.4) is 0 Å². The summed E-state index contributed by atoms with van der Waals surface area (Å²) >= 11 is 0. The molecule has 1 saturated heterocycles. The van der Waals surface area contributed by atoms with E-state index in [4.69, 9.17) is 14.2 Å². The molecule has 3 aromatic rings. The van der Waals surface area contributed by atoms with Crippen LogP contribution in [0.4, 0.5) is 23.2 Å². The molecule has 290 valence electrons. The molecule has 4 rings (SSSR count). The highest BCUT2D eigenvalue weighted by molar-refractivity contribution is 7.88. The number of aliphatic hydroxyl groups is 1. The highest BCUT2D eigenvalue weighted by atomic mass is 32.2. The van der Waals surface area contributed by atoms with Gasteiger partial charge in [0.15, 0.2) is 5.60 Å². The van der Waals surface area contributed by atoms with E-state index in [-0.39, 0.29) is 30.9 Å². The van der Waals surface area contributed by atoms with Crippen molar-refractivity contribution in [3.05, 3.63) is 107 Å². The fraction of sp³-hybridized carbons (Fsp3) is 0.351. The van der Waals surface area contributed by atoms with E-state index in [1.807, 2.05) is 0 Å². The largest absolute Gasteiger partial charge is 0.534 e. The Kier molecular flexibility index (Phi) is 13.2. The summed E-state index contributed by atoms with van der Waals surface area (Å²) < 4.78 is 94.7. The normalized spacial score (nSPS) is 16.7. The molecule has 0 bridgehead atoms. The first kappa shape index (κ1) is 41.5. The summed E-state index contributed by atoms with van der Waals surface area (Å²) in [4.78, 5) is 49.6. The van der Waals surface area contributed by atoms with E-state index in [0.717, 1.165) is 31.5 Å². The van der Waals surface area contributed by atoms with Crippen molar-refractivity contribution in [2.75, 3.05) is 18.1 Å². The van der Waals surface area contributed by atoms with Crippen LogP contribution in [0.15, 0.2) is 84.9 Å². The Hall–Kier alpha value is -5.29. The zero-order valence-electron chi connectivity index (χ0n) is 29.2. The third-order valence-electron chi connectivity index (χ3n) is 8.26. The van der Waals surface area contributed by atoms with Gasteiger partial charge in [0.05, 0.1) is 12.0 Å². The predicted octanol–water partition coefficient (Wildman–Crippen LogP) is 5.80. The minimum Gasteiger partial charge on any atom is -0.462 e. The fourth-order valence-corrected chi connectivity index (χ4v) is 6.15. The maximum absolute atomic E-state index is 13.7. The molecule has 1 N–H and O–H groups in total. The zero-order chi connectivity index (χ0) is 39.8. The first-order valence-electron chi connectivity index (χ1n) is 16.4. The molecule has 3 atom stereocenters. The summed E-state index contributed by atoms with van der Waals surface area (Å²) in [5.74, 6) is -4.02. The number of benzene rings is 3. The van der Waals surface area contributed by atoms with Gasteiger partial charge in [0.25, 0.3) is 0 Å². The molecule has 1 fully saturated rings. The second kappa shape index (κ2) is 17.2. The van der Waals surface area contributed by atoms with Gasteiger partial charge in [-0.15, -0.1) is 0 Å². The van der Waals surface area contributed by atoms with E-state index in [0.29, 0.717) is 11.1 Å². The second-order valence-electron chi connectivity index (χ2n) is 12.5. The van der Waals surface area contributed by atoms with Gasteiger partial charge in [0.2, 0.25) is 5.91 Å². The highest BCUT2D eigenvalue weighted by Crippen LogP contribution is 2.47. The third-order valence-corrected chi connectivity index (χ3v) is 9.24. The van der Waals surface area contributed by atoms with Crippen molar-refractivity contribution in [2.45, 2.75) is 63.3 Å². The molecule has 2 unspecified atom stereocenters. The van der Waals surface area contributed by atoms with Crippen molar-refractivity contribution in [2.24, 2.45) is 5.92 Å². The summed E-state index contributed by atoms with van der Waals surface area (Å²) in [6.45, 7) is 2.64. The summed E-state index contributed by atoms with van der Waals surface area (Å²) in [6, 6.07) is 16.2. The lowest BCUT2D eigenvalue weighted by atomic mass is 9.78. The molecule has 0 aliphatic carbocycles. The van der Waals surface area contributed by atoms with Crippen LogP contribution in [0, 0.1) is 11.7 Å². The van der Waals surface area contributed by atoms with Crippen LogP contribution in [0.5, 0.6) is 5.75 Å². The van der Waals surface area contributed by atoms with Crippen molar-refractivity contribution in [1.29, 1.82) is 0 Å². The van der Waals surface area contributed by atoms with Gasteiger partial charge in [-0.1, -0.05) is 42.5 Å². The lowest BCUT2D eigenvalue weighted by Crippen LogP contribution is -2.55. The standard InChI is InChI=1S/C37H37F4NO11S/c1-23(43)50-21-36(47,22-51-24(2)44)20-4-5-26-6-8-28(9-7-26)34-32(18-19-33(52-25(3)45)27-10-12-29(38)13-11-27)35(46)42(34)30-14-16-31(17-15-30)53-54(48,49)37(39,40)41/h4,6-17,20,32-34,47H,5,18-19,21-22H2,1-3H3/t32?,33-,34?/m0/s1. The number of carbonyl (C=O) groups is 4. The van der Waals surface area contributed by atoms with E-state index >= 15 is 0 Å². The molecule has 0 spiro atoms. The molecule has 1 aliphatic heterocycles. The highest BCUT2D eigenvalue weighted by Gasteiger charge is 2.50. The monoisotopic (exact) mass is 779 g/mol. The van der Waals surface area contributed by atoms with Gasteiger partial charge < -0.3 is 28.4 Å². The molecule has 12 nitrogen and oxygen atoms in total. The molecule has 54 heavy (non-hydrogen) atoms. The van der Waals surface area contributed by atoms with Crippen molar-refractivity contribution < 1.29 is 68.7 Å². The van der Waals surface area contributed by atoms with Crippen LogP contribution in [-0.4, -0.2) is 61.7 Å². The fourth-order valence-electron chi connectivity index (χ4n) is 5.69. The van der Waals surface area contributed by atoms with Crippen LogP contribution in [0.2, 0.25) is 0 Å². The summed E-state index contributed by atoms with van der Waals surface area (Å²) in [5, 5.41) is 10.9. The number of hydrogen-bond acceptors (Lipinski definition) is 11. The lowest BCUT2D eigenvalue weighted by molar-refractivity contribution is -0.155. The van der Waals surface area contributed by atoms with E-state index in [1.54, 1.807) is 30.3 Å². The van der Waals surface area contributed by atoms with Crippen molar-refractivity contribution >= 4 is 39.6 Å². The van der Waals surface area contributed by atoms with Gasteiger partial charge in [-0.2, -0.15) is 21.6 Å². The second-order valence-corrected chi connectivity index (χ2v) is 14.0. The minimum absolute atomic E-state index is 0.181. The molecule has 17 heteroatoms. The summed E-state index contributed by atoms with van der Waals surface area (Å²) in [6.07, 6.45) is 2.81. The van der Waals surface area contributed by atoms with Crippen molar-refractivity contribution in [3.8, 4) is 5.75 Å². The summed E-state index contributed by atoms with van der Waals surface area (Å²) in [7, 11) is -5.93. The molecule has 1 amide bonds. The summed E-state index contributed by atoms with van der Waals surface area (Å²) in [5.41, 5.74) is -5.27. The number of rotatable bonds is 16. The molecular formula is C37H37F4NO11S. The number of ether oxygens (including phenoxy) is 3. The molecule has 1 heterocycles. The number of halogens is 4. The van der Waals surface area contributed by atoms with Gasteiger partial charge in [-0.25, -0.2) is 4.39 Å². The maximum Gasteiger partial charge on any atom is 0.534 e. The number of β-lactam (4-membered cyclic amide) rings is 1. The number of amides is 1. The Balaban J connectivity index is 1.59. The van der Waals surface area contributed by atoms with Gasteiger partial charge in [-0.05, 0) is 78.4 Å². The van der Waals surface area contributed by atoms with Crippen LogP contribution in [-0.2, 0) is 49.9 Å². The maximum atomic E-state index is 13.7. The minimum atomic E-state index is -5.93. The lowest BCUT2D eigenvalue weighted by Gasteiger charge is -2.48. The topological polar surface area (TPSA) is 163 Å². The van der Waals surface area contributed by atoms with Crippen LogP contribution in [0.25, 0.3) is 0 Å². The molecular weight excluding hydrogens is 742 g/mol. The van der Waals surface area contributed by atoms with Gasteiger partial charge in [-0.3, -0.25) is 19.2 Å². The number of carbonyl (C=O) groups excluding carboxylic acids is 4. The first-order chi connectivity index (χ1) is 25.3. The SMILES string of the molecule is CC(=O)OCC(O)(C=CCc1ccc(C2C(CC[C@H](OC(C)=O)c3ccc(F)cc3)C(=O)N2c2ccc(OS(=O)(=O)C(F)(F)F)cc2)cc1)COC(C)=O. The average molecular weight is 780 g/mol. The number of anilines is 1. The van der Waals surface area contributed by atoms with Crippen molar-refractivity contribution in [3.63, 3.8) is 0 Å². The van der Waals surface area contributed by atoms with E-state index in [2.05, 4.69) is 4.18 Å². The number of allylic oxidation sites excluding steroid dienone is 1. The van der Waals surface area contributed by atoms with Gasteiger partial charge >= 0.3 is 33.5 Å². The van der Waals surface area contributed by atoms with Gasteiger partial charge in [0.1, 0.15) is 30.9 Å². The van der Waals surface area contributed by atoms with Crippen LogP contribution >= 0.6 is 0 Å². The van der Waals surface area contributed by atoms with E-state index in [1.165, 1.54) is 54.3 Å². The number of nitrogens with zero attached hydrogens (tertiary/aromatic N) is 1. The Morgan fingerprint density at radius 1 is 0.870 bits per heavy atom. The van der Waals surface area contributed by atoms with Gasteiger partial charge in [0, 0.05) is 26.5 Å². The Labute approximate surface area is 308 Å². The first-order valence-corrected chi connectivity index (χ1v) is 17.8. The number of alkyl halides is 3. The zero-order valence-corrected chi connectivity index (χ0v) is 30.1. The number of esters is 3. The molecule has 3 aromatic carbocycles. The smallest absolute Gasteiger partial charge is 0.462 e. The predicted molar refractivity (Wildman–Crippen MR) is 183 cm³/mol. The quantitative estimate of drug-likeness (QED) is 0.0356. The molecule has 0 saturated carbocycles. The Bertz CT molecular complexity index is 1930. The molecule has 0 radical (unpaired) electrons. The molecule has 0 aromatic heterocycles. The average Bonchev–Trinajstić information content (AvgIpc) is 3.09. The van der Waals surface area contributed by atoms with E-state index < -0.39 is 82.0 Å². The Morgan fingerprint density at radius 2 is 1.44 bits per heavy atom. The van der Waals surface area contributed by atoms with Crippen LogP contribution in [0.1, 0.15) is 62.4 Å². The number of hydrogen-bond donors (Lipinski definition) is 1. The Morgan fingerprint density at radius 3 is 1.96 bits per heavy atom. The van der Waals surface area contributed by atoms with E-state index in [9.17, 15) is 50.3 Å².